The second kappa shape index (κ2) is 8.12. The molecule has 6 rings (SSSR count). The number of carbonyl (C=O) groups is 1. The van der Waals surface area contributed by atoms with E-state index < -0.39 is 5.60 Å². The van der Waals surface area contributed by atoms with E-state index >= 15 is 0 Å². The normalized spacial score (nSPS) is 22.4. The van der Waals surface area contributed by atoms with Gasteiger partial charge in [0.1, 0.15) is 34.0 Å². The van der Waals surface area contributed by atoms with E-state index in [1.54, 1.807) is 41.4 Å². The van der Waals surface area contributed by atoms with Crippen molar-refractivity contribution in [1.29, 1.82) is 0 Å². The number of amides is 1. The predicted octanol–water partition coefficient (Wildman–Crippen LogP) is 4.55. The van der Waals surface area contributed by atoms with Crippen molar-refractivity contribution in [3.8, 4) is 5.69 Å². The zero-order chi connectivity index (χ0) is 23.1. The van der Waals surface area contributed by atoms with E-state index in [-0.39, 0.29) is 11.9 Å². The van der Waals surface area contributed by atoms with Crippen molar-refractivity contribution in [3.05, 3.63) is 60.5 Å². The molecule has 0 radical (unpaired) electrons. The van der Waals surface area contributed by atoms with Gasteiger partial charge in [0, 0.05) is 24.5 Å². The molecule has 1 saturated heterocycles. The van der Waals surface area contributed by atoms with Gasteiger partial charge in [-0.05, 0) is 72.2 Å². The van der Waals surface area contributed by atoms with Crippen molar-refractivity contribution in [2.45, 2.75) is 31.3 Å². The Hall–Kier alpha value is -3.95. The molecule has 1 spiro atoms. The molecule has 0 unspecified atom stereocenters. The first kappa shape index (κ1) is 20.6. The number of anilines is 2. The molecule has 2 fully saturated rings. The van der Waals surface area contributed by atoms with Crippen LogP contribution in [-0.2, 0) is 4.74 Å². The highest BCUT2D eigenvalue weighted by atomic mass is 19.1. The Morgan fingerprint density at radius 3 is 2.76 bits per heavy atom. The number of fused-ring (bicyclic) bond motifs is 1. The number of carbonyl (C=O) groups excluding carboxylic acids is 1. The van der Waals surface area contributed by atoms with Crippen LogP contribution < -0.4 is 10.2 Å². The Balaban J connectivity index is 1.05. The van der Waals surface area contributed by atoms with Gasteiger partial charge in [-0.15, -0.1) is 0 Å². The highest BCUT2D eigenvalue weighted by Gasteiger charge is 2.47. The number of hydrogen-bond acceptors (Lipinski definition) is 7. The molecule has 3 heterocycles. The molecule has 2 aliphatic rings. The number of aromatic nitrogens is 4. The van der Waals surface area contributed by atoms with Gasteiger partial charge in [0.15, 0.2) is 0 Å². The van der Waals surface area contributed by atoms with Crippen LogP contribution in [0.15, 0.2) is 59.4 Å². The first-order valence-corrected chi connectivity index (χ1v) is 11.4. The smallest absolute Gasteiger partial charge is 0.415 e. The van der Waals surface area contributed by atoms with Gasteiger partial charge in [-0.2, -0.15) is 5.10 Å². The lowest BCUT2D eigenvalue weighted by Gasteiger charge is -2.35. The van der Waals surface area contributed by atoms with E-state index in [9.17, 15) is 9.18 Å². The van der Waals surface area contributed by atoms with Crippen LogP contribution in [0.1, 0.15) is 25.7 Å². The van der Waals surface area contributed by atoms with Crippen molar-refractivity contribution in [2.75, 3.05) is 23.3 Å². The molecular formula is C24H23FN6O3. The standard InChI is InChI=1S/C24H23FN6O3/c25-18-3-1-2-4-21(18)31-12-9-22(27-31)26-14-16-7-10-24(11-8-16)15-30(23(32)33-24)17-5-6-19-20(13-17)29-34-28-19/h1-6,9,12-13,16H,7-8,10-11,14-15H2,(H,26,27). The highest BCUT2D eigenvalue weighted by molar-refractivity contribution is 5.92. The van der Waals surface area contributed by atoms with Crippen LogP contribution in [0.2, 0.25) is 0 Å². The van der Waals surface area contributed by atoms with E-state index in [0.29, 0.717) is 35.0 Å². The largest absolute Gasteiger partial charge is 0.441 e. The molecule has 1 amide bonds. The molecule has 1 saturated carbocycles. The Morgan fingerprint density at radius 2 is 1.91 bits per heavy atom. The van der Waals surface area contributed by atoms with Gasteiger partial charge >= 0.3 is 6.09 Å². The maximum atomic E-state index is 14.0. The molecule has 1 N–H and O–H groups in total. The van der Waals surface area contributed by atoms with Gasteiger partial charge in [0.25, 0.3) is 0 Å². The maximum absolute atomic E-state index is 14.0. The van der Waals surface area contributed by atoms with E-state index in [1.165, 1.54) is 10.7 Å². The number of ether oxygens (including phenoxy) is 1. The number of benzene rings is 2. The summed E-state index contributed by atoms with van der Waals surface area (Å²) in [6, 6.07) is 13.8. The first-order chi connectivity index (χ1) is 16.6. The Kier molecular flexibility index (Phi) is 4.93. The van der Waals surface area contributed by atoms with Crippen LogP contribution in [0.3, 0.4) is 0 Å². The molecular weight excluding hydrogens is 439 g/mol. The molecule has 2 aromatic carbocycles. The Bertz CT molecular complexity index is 1340. The fourth-order valence-corrected chi connectivity index (χ4v) is 4.87. The van der Waals surface area contributed by atoms with Gasteiger partial charge in [-0.1, -0.05) is 12.1 Å². The second-order valence-electron chi connectivity index (χ2n) is 9.00. The molecule has 0 bridgehead atoms. The van der Waals surface area contributed by atoms with Crippen LogP contribution >= 0.6 is 0 Å². The number of nitrogens with zero attached hydrogens (tertiary/aromatic N) is 5. The molecule has 1 aliphatic heterocycles. The van der Waals surface area contributed by atoms with Gasteiger partial charge in [-0.25, -0.2) is 18.5 Å². The van der Waals surface area contributed by atoms with E-state index in [2.05, 4.69) is 20.7 Å². The SMILES string of the molecule is O=C1OC2(CCC(CNc3ccn(-c4ccccc4F)n3)CC2)CN1c1ccc2nonc2c1. The summed E-state index contributed by atoms with van der Waals surface area (Å²) in [5, 5.41) is 15.5. The van der Waals surface area contributed by atoms with E-state index in [1.807, 2.05) is 12.1 Å². The predicted molar refractivity (Wildman–Crippen MR) is 122 cm³/mol. The summed E-state index contributed by atoms with van der Waals surface area (Å²) in [7, 11) is 0. The molecule has 0 atom stereocenters. The zero-order valence-corrected chi connectivity index (χ0v) is 18.4. The lowest BCUT2D eigenvalue weighted by Crippen LogP contribution is -2.39. The lowest BCUT2D eigenvalue weighted by molar-refractivity contribution is 0.0148. The van der Waals surface area contributed by atoms with Gasteiger partial charge in [0.2, 0.25) is 0 Å². The number of nitrogens with one attached hydrogen (secondary N) is 1. The Morgan fingerprint density at radius 1 is 1.09 bits per heavy atom. The van der Waals surface area contributed by atoms with Gasteiger partial charge in [-0.3, -0.25) is 4.90 Å². The van der Waals surface area contributed by atoms with Crippen LogP contribution in [0.5, 0.6) is 0 Å². The molecule has 2 aromatic heterocycles. The van der Waals surface area contributed by atoms with Crippen LogP contribution in [0, 0.1) is 11.7 Å². The van der Waals surface area contributed by atoms with Crippen molar-refractivity contribution in [1.82, 2.24) is 20.1 Å². The second-order valence-corrected chi connectivity index (χ2v) is 9.00. The average Bonchev–Trinajstić information content (AvgIpc) is 3.58. The van der Waals surface area contributed by atoms with Crippen LogP contribution in [-0.4, -0.2) is 44.9 Å². The third-order valence-electron chi connectivity index (χ3n) is 6.80. The third kappa shape index (κ3) is 3.74. The molecule has 34 heavy (non-hydrogen) atoms. The van der Waals surface area contributed by atoms with Crippen LogP contribution in [0.25, 0.3) is 16.7 Å². The van der Waals surface area contributed by atoms with Gasteiger partial charge < -0.3 is 10.1 Å². The summed E-state index contributed by atoms with van der Waals surface area (Å²) >= 11 is 0. The summed E-state index contributed by atoms with van der Waals surface area (Å²) in [6.45, 7) is 1.29. The van der Waals surface area contributed by atoms with Crippen molar-refractivity contribution < 1.29 is 18.6 Å². The summed E-state index contributed by atoms with van der Waals surface area (Å²) in [5.74, 6) is 0.835. The third-order valence-corrected chi connectivity index (χ3v) is 6.80. The molecule has 10 heteroatoms. The monoisotopic (exact) mass is 462 g/mol. The summed E-state index contributed by atoms with van der Waals surface area (Å²) in [4.78, 5) is 14.3. The summed E-state index contributed by atoms with van der Waals surface area (Å²) in [5.41, 5.74) is 1.95. The maximum Gasteiger partial charge on any atom is 0.415 e. The minimum atomic E-state index is -0.461. The zero-order valence-electron chi connectivity index (χ0n) is 18.4. The average molecular weight is 462 g/mol. The molecule has 4 aromatic rings. The number of para-hydroxylation sites is 1. The summed E-state index contributed by atoms with van der Waals surface area (Å²) in [6.07, 6.45) is 4.90. The van der Waals surface area contributed by atoms with Gasteiger partial charge in [0.05, 0.1) is 6.54 Å². The topological polar surface area (TPSA) is 98.3 Å². The summed E-state index contributed by atoms with van der Waals surface area (Å²) < 4.78 is 26.2. The molecule has 9 nitrogen and oxygen atoms in total. The minimum Gasteiger partial charge on any atom is -0.441 e. The molecule has 1 aliphatic carbocycles. The quantitative estimate of drug-likeness (QED) is 0.465. The Labute approximate surface area is 194 Å². The van der Waals surface area contributed by atoms with Crippen molar-refractivity contribution in [3.63, 3.8) is 0 Å². The first-order valence-electron chi connectivity index (χ1n) is 11.4. The molecule has 174 valence electrons. The van der Waals surface area contributed by atoms with Crippen LogP contribution in [0.4, 0.5) is 20.7 Å². The van der Waals surface area contributed by atoms with E-state index in [0.717, 1.165) is 37.9 Å². The number of rotatable bonds is 5. The van der Waals surface area contributed by atoms with E-state index in [4.69, 9.17) is 9.37 Å². The fraction of sp³-hybridized carbons (Fsp3) is 0.333. The minimum absolute atomic E-state index is 0.313. The van der Waals surface area contributed by atoms with Crippen molar-refractivity contribution >= 4 is 28.6 Å². The number of halogens is 1. The van der Waals surface area contributed by atoms with Crippen molar-refractivity contribution in [2.24, 2.45) is 5.92 Å². The number of hydrogen-bond donors (Lipinski definition) is 1. The fourth-order valence-electron chi connectivity index (χ4n) is 4.87. The highest BCUT2D eigenvalue weighted by Crippen LogP contribution is 2.41. The lowest BCUT2D eigenvalue weighted by atomic mass is 9.78.